The van der Waals surface area contributed by atoms with Crippen molar-refractivity contribution < 1.29 is 40.7 Å². The van der Waals surface area contributed by atoms with Crippen molar-refractivity contribution >= 4 is 27.6 Å². The molecule has 0 saturated carbocycles. The molecule has 1 amide bonds. The van der Waals surface area contributed by atoms with Crippen LogP contribution in [0.15, 0.2) is 47.4 Å². The maximum atomic E-state index is 12.6. The van der Waals surface area contributed by atoms with E-state index in [1.54, 1.807) is 0 Å². The van der Waals surface area contributed by atoms with Crippen molar-refractivity contribution in [3.8, 4) is 5.75 Å². The molecule has 0 fully saturated rings. The number of carbonyl (C=O) groups is 2. The Balaban J connectivity index is 2.12. The third-order valence-electron chi connectivity index (χ3n) is 3.85. The topological polar surface area (TPSA) is 125 Å². The van der Waals surface area contributed by atoms with E-state index in [1.807, 2.05) is 0 Å². The molecule has 1 atom stereocenters. The van der Waals surface area contributed by atoms with E-state index in [9.17, 15) is 31.2 Å². The average Bonchev–Trinajstić information content (AvgIpc) is 2.66. The number of primary sulfonamides is 1. The van der Waals surface area contributed by atoms with E-state index in [1.165, 1.54) is 20.1 Å². The van der Waals surface area contributed by atoms with Gasteiger partial charge >= 0.3 is 12.1 Å². The maximum absolute atomic E-state index is 12.6. The minimum Gasteiger partial charge on any atom is -0.496 e. The fourth-order valence-corrected chi connectivity index (χ4v) is 2.83. The van der Waals surface area contributed by atoms with Crippen molar-refractivity contribution in [1.82, 2.24) is 0 Å². The van der Waals surface area contributed by atoms with Crippen LogP contribution in [0.3, 0.4) is 0 Å². The second kappa shape index (κ2) is 8.71. The summed E-state index contributed by atoms with van der Waals surface area (Å²) in [7, 11) is -2.87. The number of methoxy groups -OCH3 is 1. The van der Waals surface area contributed by atoms with Crippen molar-refractivity contribution in [3.63, 3.8) is 0 Å². The molecule has 2 rings (SSSR count). The third kappa shape index (κ3) is 5.70. The van der Waals surface area contributed by atoms with Gasteiger partial charge in [0, 0.05) is 5.69 Å². The number of alkyl halides is 3. The summed E-state index contributed by atoms with van der Waals surface area (Å²) in [6, 6.07) is 6.94. The van der Waals surface area contributed by atoms with Gasteiger partial charge < -0.3 is 14.8 Å². The molecule has 0 aliphatic carbocycles. The number of nitrogens with two attached hydrogens (primary N) is 1. The number of carbonyl (C=O) groups excluding carboxylic acids is 2. The molecule has 12 heteroatoms. The first-order chi connectivity index (χ1) is 13.8. The standard InChI is InChI=1S/C18H17F3N2O6S/c1-10(16(24)23-12-5-3-11(4-6-12)18(19,20)21)29-17(25)14-9-13(30(22,26)27)7-8-15(14)28-2/h3-10H,1-2H3,(H,23,24)(H2,22,26,27)/t10-/m1/s1. The van der Waals surface area contributed by atoms with Crippen LogP contribution < -0.4 is 15.2 Å². The smallest absolute Gasteiger partial charge is 0.416 e. The van der Waals surface area contributed by atoms with E-state index in [2.05, 4.69) is 5.32 Å². The molecule has 0 saturated heterocycles. The minimum absolute atomic E-state index is 0.0113. The predicted octanol–water partition coefficient (Wildman–Crippen LogP) is 2.55. The molecule has 8 nitrogen and oxygen atoms in total. The van der Waals surface area contributed by atoms with Crippen molar-refractivity contribution in [2.75, 3.05) is 12.4 Å². The number of anilines is 1. The van der Waals surface area contributed by atoms with E-state index in [4.69, 9.17) is 14.6 Å². The Hall–Kier alpha value is -3.12. The van der Waals surface area contributed by atoms with Gasteiger partial charge in [0.15, 0.2) is 6.10 Å². The highest BCUT2D eigenvalue weighted by molar-refractivity contribution is 7.89. The van der Waals surface area contributed by atoms with Gasteiger partial charge in [0.2, 0.25) is 10.0 Å². The van der Waals surface area contributed by atoms with Crippen molar-refractivity contribution in [2.45, 2.75) is 24.1 Å². The summed E-state index contributed by atoms with van der Waals surface area (Å²) < 4.78 is 70.7. The van der Waals surface area contributed by atoms with Gasteiger partial charge in [-0.1, -0.05) is 0 Å². The normalized spacial score (nSPS) is 12.7. The van der Waals surface area contributed by atoms with E-state index in [0.29, 0.717) is 0 Å². The Labute approximate surface area is 169 Å². The molecular formula is C18H17F3N2O6S. The molecule has 0 aliphatic heterocycles. The summed E-state index contributed by atoms with van der Waals surface area (Å²) in [6.07, 6.45) is -5.88. The zero-order valence-corrected chi connectivity index (χ0v) is 16.5. The first-order valence-corrected chi connectivity index (χ1v) is 9.77. The lowest BCUT2D eigenvalue weighted by Crippen LogP contribution is -2.30. The van der Waals surface area contributed by atoms with Crippen molar-refractivity contribution in [1.29, 1.82) is 0 Å². The second-order valence-electron chi connectivity index (χ2n) is 6.02. The highest BCUT2D eigenvalue weighted by Gasteiger charge is 2.30. The highest BCUT2D eigenvalue weighted by Crippen LogP contribution is 2.30. The molecule has 162 valence electrons. The van der Waals surface area contributed by atoms with Crippen LogP contribution in [0.2, 0.25) is 0 Å². The van der Waals surface area contributed by atoms with Crippen LogP contribution in [0.1, 0.15) is 22.8 Å². The lowest BCUT2D eigenvalue weighted by Gasteiger charge is -2.15. The van der Waals surface area contributed by atoms with Crippen molar-refractivity contribution in [2.24, 2.45) is 5.14 Å². The van der Waals surface area contributed by atoms with E-state index in [-0.39, 0.29) is 21.9 Å². The zero-order valence-electron chi connectivity index (χ0n) is 15.7. The molecule has 0 aliphatic rings. The molecule has 0 bridgehead atoms. The summed E-state index contributed by atoms with van der Waals surface area (Å²) in [5.74, 6) is -1.89. The van der Waals surface area contributed by atoms with Gasteiger partial charge in [0.25, 0.3) is 5.91 Å². The Morgan fingerprint density at radius 3 is 2.20 bits per heavy atom. The van der Waals surface area contributed by atoms with Crippen LogP contribution in [-0.2, 0) is 25.7 Å². The van der Waals surface area contributed by atoms with Gasteiger partial charge in [-0.05, 0) is 49.4 Å². The number of hydrogen-bond acceptors (Lipinski definition) is 6. The molecule has 0 spiro atoms. The Kier molecular flexibility index (Phi) is 6.73. The molecule has 0 aromatic heterocycles. The predicted molar refractivity (Wildman–Crippen MR) is 99.3 cm³/mol. The summed E-state index contributed by atoms with van der Waals surface area (Å²) in [5, 5.41) is 7.35. The van der Waals surface area contributed by atoms with Crippen LogP contribution in [0.5, 0.6) is 5.75 Å². The number of amides is 1. The molecule has 0 unspecified atom stereocenters. The number of hydrogen-bond donors (Lipinski definition) is 2. The number of benzene rings is 2. The lowest BCUT2D eigenvalue weighted by molar-refractivity contribution is -0.137. The number of esters is 1. The Bertz CT molecular complexity index is 1050. The van der Waals surface area contributed by atoms with Crippen LogP contribution in [0, 0.1) is 0 Å². The maximum Gasteiger partial charge on any atom is 0.416 e. The number of nitrogens with one attached hydrogen (secondary N) is 1. The number of rotatable bonds is 6. The fraction of sp³-hybridized carbons (Fsp3) is 0.222. The van der Waals surface area contributed by atoms with Gasteiger partial charge in [0.05, 0.1) is 17.6 Å². The Morgan fingerprint density at radius 2 is 1.70 bits per heavy atom. The van der Waals surface area contributed by atoms with Gasteiger partial charge in [-0.2, -0.15) is 13.2 Å². The molecular weight excluding hydrogens is 429 g/mol. The zero-order chi connectivity index (χ0) is 22.7. The van der Waals surface area contributed by atoms with Crippen LogP contribution >= 0.6 is 0 Å². The minimum atomic E-state index is -4.52. The molecule has 3 N–H and O–H groups in total. The van der Waals surface area contributed by atoms with E-state index < -0.39 is 39.7 Å². The first kappa shape index (κ1) is 23.2. The van der Waals surface area contributed by atoms with Gasteiger partial charge in [-0.15, -0.1) is 0 Å². The van der Waals surface area contributed by atoms with Crippen LogP contribution in [-0.4, -0.2) is 33.5 Å². The van der Waals surface area contributed by atoms with Crippen molar-refractivity contribution in [3.05, 3.63) is 53.6 Å². The third-order valence-corrected chi connectivity index (χ3v) is 4.76. The first-order valence-electron chi connectivity index (χ1n) is 8.23. The fourth-order valence-electron chi connectivity index (χ4n) is 2.29. The quantitative estimate of drug-likeness (QED) is 0.657. The number of halogens is 3. The monoisotopic (exact) mass is 446 g/mol. The lowest BCUT2D eigenvalue weighted by atomic mass is 10.2. The second-order valence-corrected chi connectivity index (χ2v) is 7.58. The number of sulfonamides is 1. The van der Waals surface area contributed by atoms with E-state index in [0.717, 1.165) is 36.4 Å². The van der Waals surface area contributed by atoms with Gasteiger partial charge in [-0.3, -0.25) is 4.79 Å². The number of ether oxygens (including phenoxy) is 2. The van der Waals surface area contributed by atoms with Gasteiger partial charge in [-0.25, -0.2) is 18.4 Å². The van der Waals surface area contributed by atoms with Gasteiger partial charge in [0.1, 0.15) is 11.3 Å². The van der Waals surface area contributed by atoms with E-state index >= 15 is 0 Å². The molecule has 30 heavy (non-hydrogen) atoms. The van der Waals surface area contributed by atoms with Crippen LogP contribution in [0.25, 0.3) is 0 Å². The SMILES string of the molecule is COc1ccc(S(N)(=O)=O)cc1C(=O)O[C@H](C)C(=O)Nc1ccc(C(F)(F)F)cc1. The molecule has 0 heterocycles. The molecule has 2 aromatic carbocycles. The summed E-state index contributed by atoms with van der Waals surface area (Å²) in [5.41, 5.74) is -1.11. The summed E-state index contributed by atoms with van der Waals surface area (Å²) in [6.45, 7) is 1.23. The highest BCUT2D eigenvalue weighted by atomic mass is 32.2. The molecule has 2 aromatic rings. The summed E-state index contributed by atoms with van der Waals surface area (Å²) in [4.78, 5) is 24.2. The molecule has 0 radical (unpaired) electrons. The average molecular weight is 446 g/mol. The Morgan fingerprint density at radius 1 is 1.10 bits per heavy atom. The summed E-state index contributed by atoms with van der Waals surface area (Å²) >= 11 is 0. The largest absolute Gasteiger partial charge is 0.496 e. The van der Waals surface area contributed by atoms with Crippen LogP contribution in [0.4, 0.5) is 18.9 Å².